The van der Waals surface area contributed by atoms with E-state index in [1.54, 1.807) is 25.3 Å². The van der Waals surface area contributed by atoms with Crippen LogP contribution in [0.2, 0.25) is 0 Å². The van der Waals surface area contributed by atoms with Gasteiger partial charge in [-0.25, -0.2) is 15.2 Å². The van der Waals surface area contributed by atoms with Crippen molar-refractivity contribution in [3.8, 4) is 22.5 Å². The number of amides is 4. The highest BCUT2D eigenvalue weighted by Gasteiger charge is 2.46. The van der Waals surface area contributed by atoms with Gasteiger partial charge in [0.25, 0.3) is 5.91 Å². The summed E-state index contributed by atoms with van der Waals surface area (Å²) in [5.41, 5.74) is 9.55. The normalized spacial score (nSPS) is 21.0. The first-order chi connectivity index (χ1) is 31.0. The SMILES string of the molecule is CCn1c(-c2cccnc2[C@H](C)OC)c2c3cc(ccc31)-c1csc(n1)C[C@H](NC(=O)[C@H](C(C)C)N(C)C(=O)N1CCCC3(CN(C)C3)C1)C(=O)N1CCC[C@H](N1)C(=O)OCC(C)(C)C2.S.S.S.S. The van der Waals surface area contributed by atoms with Crippen molar-refractivity contribution in [3.63, 3.8) is 0 Å². The Kier molecular flexibility index (Phi) is 20.0. The van der Waals surface area contributed by atoms with E-state index in [4.69, 9.17) is 19.4 Å². The minimum atomic E-state index is -1.03. The predicted molar refractivity (Wildman–Crippen MR) is 293 cm³/mol. The second-order valence-corrected chi connectivity index (χ2v) is 21.0. The standard InChI is InChI=1S/C49H67N9O6S.4H2S/c1-10-57-39-17-16-32-22-34(39)35(43(57)33-14-11-19-50-41(33)31(4)63-9)24-48(5,6)29-64-46(61)36-15-12-21-58(53-36)45(60)37(23-40-51-38(32)25-65-40)52-44(59)42(30(2)3)55(8)47(62)56-20-13-18-49(28-56)26-54(7)27-49;;;;/h11,14,16-17,19,22,25,30-31,36-37,42,53H,10,12-13,15,18,20-21,23-24,26-29H2,1-9H3,(H,52,59);4*1H2/t31-,36-,37-,42-;;;;/m0..../s1. The molecule has 1 aromatic carbocycles. The lowest BCUT2D eigenvalue weighted by Crippen LogP contribution is -2.65. The fourth-order valence-electron chi connectivity index (χ4n) is 10.8. The maximum atomic E-state index is 14.7. The molecule has 4 atom stereocenters. The number of likely N-dealkylation sites (tertiary alicyclic amines) is 2. The Morgan fingerprint density at radius 3 is 2.48 bits per heavy atom. The number of fused-ring (bicyclic) bond motifs is 6. The van der Waals surface area contributed by atoms with Crippen molar-refractivity contribution >= 4 is 100 Å². The number of rotatable bonds is 8. The largest absolute Gasteiger partial charge is 0.464 e. The molecule has 7 heterocycles. The molecule has 4 aromatic rings. The first-order valence-electron chi connectivity index (χ1n) is 23.3. The van der Waals surface area contributed by atoms with Gasteiger partial charge in [-0.05, 0) is 88.7 Å². The number of methoxy groups -OCH3 is 1. The fraction of sp³-hybridized carbons (Fsp3) is 0.592. The highest BCUT2D eigenvalue weighted by Crippen LogP contribution is 2.42. The van der Waals surface area contributed by atoms with E-state index in [2.05, 4.69) is 72.3 Å². The van der Waals surface area contributed by atoms with Crippen molar-refractivity contribution in [1.29, 1.82) is 0 Å². The van der Waals surface area contributed by atoms with Gasteiger partial charge in [-0.15, -0.1) is 11.3 Å². The van der Waals surface area contributed by atoms with E-state index in [0.717, 1.165) is 70.6 Å². The van der Waals surface area contributed by atoms with Crippen LogP contribution in [0.25, 0.3) is 33.4 Å². The van der Waals surface area contributed by atoms with Gasteiger partial charge in [-0.2, -0.15) is 54.0 Å². The summed E-state index contributed by atoms with van der Waals surface area (Å²) >= 11 is 1.44. The number of benzene rings is 1. The van der Waals surface area contributed by atoms with Gasteiger partial charge in [-0.1, -0.05) is 33.8 Å². The number of piperidine rings is 1. The predicted octanol–water partition coefficient (Wildman–Crippen LogP) is 6.76. The maximum Gasteiger partial charge on any atom is 0.324 e. The number of thiazole rings is 1. The molecule has 4 amide bonds. The molecule has 20 heteroatoms. The summed E-state index contributed by atoms with van der Waals surface area (Å²) in [7, 11) is 5.49. The summed E-state index contributed by atoms with van der Waals surface area (Å²) < 4.78 is 14.3. The van der Waals surface area contributed by atoms with Crippen molar-refractivity contribution < 1.29 is 28.7 Å². The minimum Gasteiger partial charge on any atom is -0.464 e. The molecular weight excluding hydrogens is 971 g/mol. The van der Waals surface area contributed by atoms with Crippen LogP contribution in [0.15, 0.2) is 41.9 Å². The number of hydrazine groups is 1. The number of aromatic nitrogens is 3. The van der Waals surface area contributed by atoms with Crippen LogP contribution >= 0.6 is 65.3 Å². The molecule has 6 bridgehead atoms. The van der Waals surface area contributed by atoms with Gasteiger partial charge in [0.1, 0.15) is 18.1 Å². The smallest absolute Gasteiger partial charge is 0.324 e. The molecule has 3 saturated heterocycles. The van der Waals surface area contributed by atoms with Crippen LogP contribution in [-0.4, -0.2) is 137 Å². The van der Waals surface area contributed by atoms with Gasteiger partial charge in [0.05, 0.1) is 34.8 Å². The molecule has 15 nitrogen and oxygen atoms in total. The number of carbonyl (C=O) groups is 4. The number of urea groups is 1. The molecule has 8 rings (SSSR count). The van der Waals surface area contributed by atoms with E-state index in [0.29, 0.717) is 50.4 Å². The summed E-state index contributed by atoms with van der Waals surface area (Å²) in [4.78, 5) is 72.9. The topological polar surface area (TPSA) is 154 Å². The number of carbonyl (C=O) groups excluding carboxylic acids is 4. The van der Waals surface area contributed by atoms with Crippen molar-refractivity contribution in [1.82, 2.24) is 45.0 Å². The third-order valence-corrected chi connectivity index (χ3v) is 14.8. The summed E-state index contributed by atoms with van der Waals surface area (Å²) in [6, 6.07) is 7.69. The quantitative estimate of drug-likeness (QED) is 0.181. The van der Waals surface area contributed by atoms with Gasteiger partial charge in [0, 0.05) is 104 Å². The van der Waals surface area contributed by atoms with Crippen LogP contribution in [0.5, 0.6) is 0 Å². The average molecular weight is 1050 g/mol. The zero-order valence-electron chi connectivity index (χ0n) is 41.6. The average Bonchev–Trinajstić information content (AvgIpc) is 3.88. The first-order valence-corrected chi connectivity index (χ1v) is 24.2. The minimum absolute atomic E-state index is 0. The number of nitrogens with zero attached hydrogens (tertiary/aromatic N) is 7. The monoisotopic (exact) mass is 1050 g/mol. The molecule has 382 valence electrons. The Hall–Kier alpha value is -3.50. The zero-order valence-corrected chi connectivity index (χ0v) is 46.4. The Bertz CT molecular complexity index is 2440. The molecule has 1 spiro atoms. The molecule has 3 fully saturated rings. The fourth-order valence-corrected chi connectivity index (χ4v) is 11.7. The van der Waals surface area contributed by atoms with Crippen molar-refractivity contribution in [3.05, 3.63) is 58.2 Å². The molecule has 0 radical (unpaired) electrons. The number of hydrogen-bond acceptors (Lipinski definition) is 11. The van der Waals surface area contributed by atoms with Gasteiger partial charge < -0.3 is 34.1 Å². The van der Waals surface area contributed by atoms with Gasteiger partial charge >= 0.3 is 12.0 Å². The highest BCUT2D eigenvalue weighted by atomic mass is 32.1. The third kappa shape index (κ3) is 12.1. The molecule has 4 aliphatic rings. The number of hydrogen-bond donors (Lipinski definition) is 2. The molecule has 3 aromatic heterocycles. The molecule has 0 unspecified atom stereocenters. The van der Waals surface area contributed by atoms with E-state index in [1.807, 2.05) is 37.1 Å². The van der Waals surface area contributed by atoms with Crippen molar-refractivity contribution in [2.24, 2.45) is 16.7 Å². The number of likely N-dealkylation sites (N-methyl/N-ethyl adjacent to an activating group) is 1. The van der Waals surface area contributed by atoms with Crippen molar-refractivity contribution in [2.45, 2.75) is 111 Å². The zero-order chi connectivity index (χ0) is 46.4. The Balaban J connectivity index is 0.00000259. The number of nitrogens with one attached hydrogen (secondary N) is 2. The number of esters is 1. The van der Waals surface area contributed by atoms with Crippen LogP contribution in [0.4, 0.5) is 4.79 Å². The summed E-state index contributed by atoms with van der Waals surface area (Å²) in [6.07, 6.45) is 5.34. The summed E-state index contributed by atoms with van der Waals surface area (Å²) in [5.74, 6) is -1.47. The van der Waals surface area contributed by atoms with E-state index < -0.39 is 35.4 Å². The third-order valence-electron chi connectivity index (χ3n) is 13.9. The van der Waals surface area contributed by atoms with Crippen LogP contribution < -0.4 is 10.7 Å². The Morgan fingerprint density at radius 2 is 1.80 bits per heavy atom. The second kappa shape index (κ2) is 23.8. The van der Waals surface area contributed by atoms with Crippen LogP contribution in [-0.2, 0) is 43.2 Å². The highest BCUT2D eigenvalue weighted by molar-refractivity contribution is 7.59. The van der Waals surface area contributed by atoms with E-state index in [1.165, 1.54) is 16.3 Å². The van der Waals surface area contributed by atoms with E-state index >= 15 is 0 Å². The number of ether oxygens (including phenoxy) is 2. The van der Waals surface area contributed by atoms with Crippen LogP contribution in [0.1, 0.15) is 89.6 Å². The Morgan fingerprint density at radius 1 is 1.06 bits per heavy atom. The number of pyridine rings is 1. The summed E-state index contributed by atoms with van der Waals surface area (Å²) in [6.45, 7) is 16.7. The Labute approximate surface area is 439 Å². The second-order valence-electron chi connectivity index (χ2n) is 20.1. The first kappa shape index (κ1) is 58.1. The lowest BCUT2D eigenvalue weighted by molar-refractivity contribution is -0.155. The maximum absolute atomic E-state index is 14.7. The van der Waals surface area contributed by atoms with E-state index in [9.17, 15) is 19.2 Å². The molecule has 4 aliphatic heterocycles. The van der Waals surface area contributed by atoms with Gasteiger partial charge in [0.15, 0.2) is 0 Å². The number of cyclic esters (lactones) is 1. The number of aryl methyl sites for hydroxylation is 1. The lowest BCUT2D eigenvalue weighted by atomic mass is 9.74. The molecular formula is C49H75N9O6S5. The molecule has 2 N–H and O–H groups in total. The molecule has 69 heavy (non-hydrogen) atoms. The van der Waals surface area contributed by atoms with E-state index in [-0.39, 0.29) is 96.4 Å². The molecule has 0 saturated carbocycles. The van der Waals surface area contributed by atoms with Gasteiger partial charge in [-0.3, -0.25) is 24.4 Å². The van der Waals surface area contributed by atoms with Crippen molar-refractivity contribution in [2.75, 3.05) is 60.5 Å². The molecule has 0 aliphatic carbocycles. The lowest BCUT2D eigenvalue weighted by Gasteiger charge is -2.54. The van der Waals surface area contributed by atoms with Gasteiger partial charge in [0.2, 0.25) is 5.91 Å². The summed E-state index contributed by atoms with van der Waals surface area (Å²) in [5, 5.41) is 8.29. The van der Waals surface area contributed by atoms with Crippen LogP contribution in [0.3, 0.4) is 0 Å². The van der Waals surface area contributed by atoms with Crippen LogP contribution in [0, 0.1) is 16.7 Å².